The van der Waals surface area contributed by atoms with Crippen LogP contribution in [0.2, 0.25) is 0 Å². The first-order valence-corrected chi connectivity index (χ1v) is 7.88. The van der Waals surface area contributed by atoms with Gasteiger partial charge in [-0.25, -0.2) is 0 Å². The van der Waals surface area contributed by atoms with Crippen molar-refractivity contribution in [3.05, 3.63) is 17.5 Å². The molecule has 0 bridgehead atoms. The molecule has 4 nitrogen and oxygen atoms in total. The molecule has 3 heterocycles. The molecule has 2 atom stereocenters. The first-order chi connectivity index (χ1) is 9.72. The van der Waals surface area contributed by atoms with Crippen LogP contribution in [0.3, 0.4) is 0 Å². The second-order valence-electron chi connectivity index (χ2n) is 6.30. The van der Waals surface area contributed by atoms with Gasteiger partial charge >= 0.3 is 0 Å². The molecular weight excluding hydrogens is 252 g/mol. The van der Waals surface area contributed by atoms with Gasteiger partial charge in [-0.05, 0) is 43.6 Å². The van der Waals surface area contributed by atoms with Crippen molar-refractivity contribution < 1.29 is 9.53 Å². The van der Waals surface area contributed by atoms with E-state index < -0.39 is 0 Å². The number of aryl methyl sites for hydroxylation is 1. The highest BCUT2D eigenvalue weighted by atomic mass is 16.5. The molecule has 0 saturated carbocycles. The van der Waals surface area contributed by atoms with Crippen LogP contribution in [0.15, 0.2) is 6.07 Å². The number of hydrogen-bond acceptors (Lipinski definition) is 3. The van der Waals surface area contributed by atoms with Crippen molar-refractivity contribution in [1.82, 2.24) is 9.78 Å². The Morgan fingerprint density at radius 2 is 2.30 bits per heavy atom. The Hall–Kier alpha value is -1.16. The summed E-state index contributed by atoms with van der Waals surface area (Å²) >= 11 is 0. The zero-order chi connectivity index (χ0) is 13.9. The van der Waals surface area contributed by atoms with Crippen LogP contribution >= 0.6 is 0 Å². The number of hydrogen-bond donors (Lipinski definition) is 0. The predicted molar refractivity (Wildman–Crippen MR) is 76.7 cm³/mol. The molecule has 2 unspecified atom stereocenters. The van der Waals surface area contributed by atoms with Crippen LogP contribution in [0.25, 0.3) is 0 Å². The number of carbonyl (C=O) groups is 1. The number of Topliss-reactive ketones (excluding diaryl/α,β-unsaturated/α-hetero) is 1. The third-order valence-electron chi connectivity index (χ3n) is 4.57. The number of nitrogens with zero attached hydrogens (tertiary/aromatic N) is 2. The molecule has 110 valence electrons. The highest BCUT2D eigenvalue weighted by molar-refractivity contribution is 5.78. The summed E-state index contributed by atoms with van der Waals surface area (Å²) in [4.78, 5) is 11.7. The minimum atomic E-state index is 0.408. The number of ether oxygens (including phenoxy) is 1. The van der Waals surface area contributed by atoms with E-state index in [2.05, 4.69) is 17.7 Å². The van der Waals surface area contributed by atoms with E-state index in [-0.39, 0.29) is 0 Å². The minimum Gasteiger partial charge on any atom is -0.381 e. The second kappa shape index (κ2) is 6.08. The van der Waals surface area contributed by atoms with E-state index in [4.69, 9.17) is 9.84 Å². The highest BCUT2D eigenvalue weighted by Crippen LogP contribution is 2.26. The molecule has 1 fully saturated rings. The topological polar surface area (TPSA) is 44.1 Å². The van der Waals surface area contributed by atoms with Crippen LogP contribution in [0.4, 0.5) is 0 Å². The summed E-state index contributed by atoms with van der Waals surface area (Å²) < 4.78 is 7.60. The zero-order valence-corrected chi connectivity index (χ0v) is 12.3. The molecule has 2 aliphatic rings. The van der Waals surface area contributed by atoms with Gasteiger partial charge in [0.25, 0.3) is 0 Å². The Balaban J connectivity index is 1.75. The third kappa shape index (κ3) is 3.11. The molecule has 0 radical (unpaired) electrons. The second-order valence-corrected chi connectivity index (χ2v) is 6.30. The summed E-state index contributed by atoms with van der Waals surface area (Å²) in [6, 6.07) is 2.26. The highest BCUT2D eigenvalue weighted by Gasteiger charge is 2.21. The van der Waals surface area contributed by atoms with E-state index in [1.807, 2.05) is 0 Å². The maximum Gasteiger partial charge on any atom is 0.133 e. The summed E-state index contributed by atoms with van der Waals surface area (Å²) in [6.07, 6.45) is 5.50. The van der Waals surface area contributed by atoms with Gasteiger partial charge in [-0.2, -0.15) is 5.10 Å². The molecule has 3 rings (SSSR count). The third-order valence-corrected chi connectivity index (χ3v) is 4.57. The largest absolute Gasteiger partial charge is 0.381 e. The van der Waals surface area contributed by atoms with E-state index >= 15 is 0 Å². The molecule has 0 aromatic carbocycles. The minimum absolute atomic E-state index is 0.408. The lowest BCUT2D eigenvalue weighted by molar-refractivity contribution is -0.119. The number of carbonyl (C=O) groups excluding carboxylic acids is 1. The fraction of sp³-hybridized carbons (Fsp3) is 0.750. The normalized spacial score (nSPS) is 27.8. The number of rotatable bonds is 2. The van der Waals surface area contributed by atoms with Crippen molar-refractivity contribution in [1.29, 1.82) is 0 Å². The van der Waals surface area contributed by atoms with Crippen molar-refractivity contribution in [2.75, 3.05) is 13.2 Å². The molecule has 1 aromatic heterocycles. The fourth-order valence-electron chi connectivity index (χ4n) is 3.28. The first-order valence-electron chi connectivity index (χ1n) is 7.88. The maximum absolute atomic E-state index is 11.7. The summed E-state index contributed by atoms with van der Waals surface area (Å²) in [5.74, 6) is 1.47. The Kier molecular flexibility index (Phi) is 4.20. The van der Waals surface area contributed by atoms with Crippen molar-refractivity contribution >= 4 is 5.78 Å². The van der Waals surface area contributed by atoms with Crippen LogP contribution in [-0.2, 0) is 22.5 Å². The van der Waals surface area contributed by atoms with Gasteiger partial charge in [-0.3, -0.25) is 9.48 Å². The molecule has 0 aliphatic carbocycles. The Morgan fingerprint density at radius 1 is 1.40 bits per heavy atom. The molecule has 4 heteroatoms. The molecule has 0 amide bonds. The van der Waals surface area contributed by atoms with Gasteiger partial charge in [0.05, 0.1) is 5.69 Å². The van der Waals surface area contributed by atoms with Gasteiger partial charge in [0, 0.05) is 38.3 Å². The molecule has 2 aliphatic heterocycles. The number of aromatic nitrogens is 2. The van der Waals surface area contributed by atoms with E-state index in [0.717, 1.165) is 51.9 Å². The number of fused-ring (bicyclic) bond motifs is 1. The number of ketones is 1. The van der Waals surface area contributed by atoms with Gasteiger partial charge in [-0.1, -0.05) is 6.92 Å². The lowest BCUT2D eigenvalue weighted by Crippen LogP contribution is -2.08. The smallest absolute Gasteiger partial charge is 0.133 e. The zero-order valence-electron chi connectivity index (χ0n) is 12.3. The summed E-state index contributed by atoms with van der Waals surface area (Å²) in [6.45, 7) is 4.88. The first kappa shape index (κ1) is 13.8. The van der Waals surface area contributed by atoms with Crippen LogP contribution in [-0.4, -0.2) is 28.8 Å². The van der Waals surface area contributed by atoms with Crippen LogP contribution in [0.1, 0.15) is 56.3 Å². The van der Waals surface area contributed by atoms with Gasteiger partial charge in [-0.15, -0.1) is 0 Å². The van der Waals surface area contributed by atoms with Crippen LogP contribution < -0.4 is 0 Å². The summed E-state index contributed by atoms with van der Waals surface area (Å²) in [5, 5.41) is 4.78. The van der Waals surface area contributed by atoms with Gasteiger partial charge in [0.15, 0.2) is 0 Å². The van der Waals surface area contributed by atoms with Crippen molar-refractivity contribution in [2.24, 2.45) is 5.92 Å². The molecular formula is C16H24N2O2. The quantitative estimate of drug-likeness (QED) is 0.834. The Labute approximate surface area is 120 Å². The Morgan fingerprint density at radius 3 is 3.10 bits per heavy atom. The van der Waals surface area contributed by atoms with E-state index in [1.54, 1.807) is 0 Å². The van der Waals surface area contributed by atoms with Crippen LogP contribution in [0, 0.1) is 5.92 Å². The lowest BCUT2D eigenvalue weighted by Gasteiger charge is -2.11. The Bertz CT molecular complexity index is 475. The average Bonchev–Trinajstić information content (AvgIpc) is 3.06. The SMILES string of the molecule is CC1CCC(=O)CCCn2nc(CC3CCOC3)cc21. The van der Waals surface area contributed by atoms with Crippen LogP contribution in [0.5, 0.6) is 0 Å². The molecule has 1 aromatic rings. The molecule has 0 spiro atoms. The molecule has 20 heavy (non-hydrogen) atoms. The summed E-state index contributed by atoms with van der Waals surface area (Å²) in [7, 11) is 0. The van der Waals surface area contributed by atoms with E-state index in [0.29, 0.717) is 24.0 Å². The molecule has 0 N–H and O–H groups in total. The predicted octanol–water partition coefficient (Wildman–Crippen LogP) is 2.71. The van der Waals surface area contributed by atoms with Crippen molar-refractivity contribution in [3.63, 3.8) is 0 Å². The lowest BCUT2D eigenvalue weighted by atomic mass is 9.98. The monoisotopic (exact) mass is 276 g/mol. The maximum atomic E-state index is 11.7. The van der Waals surface area contributed by atoms with E-state index in [1.165, 1.54) is 11.4 Å². The molecule has 1 saturated heterocycles. The van der Waals surface area contributed by atoms with Gasteiger partial charge in [0.1, 0.15) is 5.78 Å². The summed E-state index contributed by atoms with van der Waals surface area (Å²) in [5.41, 5.74) is 2.52. The van der Waals surface area contributed by atoms with Gasteiger partial charge in [0.2, 0.25) is 0 Å². The van der Waals surface area contributed by atoms with Crippen molar-refractivity contribution in [3.8, 4) is 0 Å². The standard InChI is InChI=1S/C16H24N2O2/c1-12-4-5-15(19)3-2-7-18-16(12)10-14(17-18)9-13-6-8-20-11-13/h10,12-13H,2-9,11H2,1H3. The van der Waals surface area contributed by atoms with Crippen molar-refractivity contribution in [2.45, 2.75) is 57.9 Å². The average molecular weight is 276 g/mol. The fourth-order valence-corrected chi connectivity index (χ4v) is 3.28. The van der Waals surface area contributed by atoms with Gasteiger partial charge < -0.3 is 4.74 Å². The van der Waals surface area contributed by atoms with E-state index in [9.17, 15) is 4.79 Å².